The van der Waals surface area contributed by atoms with E-state index in [1.807, 2.05) is 48.7 Å². The highest BCUT2D eigenvalue weighted by Crippen LogP contribution is 2.21. The van der Waals surface area contributed by atoms with Gasteiger partial charge in [0.1, 0.15) is 0 Å². The molecule has 1 aliphatic rings. The fraction of sp³-hybridized carbons (Fsp3) is 0.381. The van der Waals surface area contributed by atoms with Gasteiger partial charge < -0.3 is 16.0 Å². The molecule has 0 aliphatic carbocycles. The van der Waals surface area contributed by atoms with Gasteiger partial charge in [0.25, 0.3) is 0 Å². The number of rotatable bonds is 8. The lowest BCUT2D eigenvalue weighted by molar-refractivity contribution is -0.134. The molecule has 1 aromatic heterocycles. The van der Waals surface area contributed by atoms with Crippen molar-refractivity contribution < 1.29 is 9.59 Å². The summed E-state index contributed by atoms with van der Waals surface area (Å²) in [6, 6.07) is 13.8. The van der Waals surface area contributed by atoms with E-state index in [-0.39, 0.29) is 30.8 Å². The standard InChI is InChI=1S/C21H27N5O2.ClH/c22-20(27)8-11-26(15-17-5-2-1-3-6-17)21(28)16-25-12-10-24-14-19(25)18-7-4-9-23-13-18;/h1-7,9,13,19,24H,8,10-12,14-16H2,(H2,22,27);1H. The number of nitrogens with two attached hydrogens (primary N) is 1. The molecule has 0 radical (unpaired) electrons. The van der Waals surface area contributed by atoms with Crippen molar-refractivity contribution in [3.8, 4) is 0 Å². The molecule has 1 fully saturated rings. The Labute approximate surface area is 177 Å². The third-order valence-electron chi connectivity index (χ3n) is 4.96. The van der Waals surface area contributed by atoms with Crippen LogP contribution in [0.2, 0.25) is 0 Å². The molecule has 8 heteroatoms. The number of nitrogens with zero attached hydrogens (tertiary/aromatic N) is 3. The zero-order chi connectivity index (χ0) is 19.8. The highest BCUT2D eigenvalue weighted by molar-refractivity contribution is 5.85. The molecule has 2 heterocycles. The number of primary amides is 1. The Morgan fingerprint density at radius 2 is 2.00 bits per heavy atom. The van der Waals surface area contributed by atoms with Crippen molar-refractivity contribution in [3.05, 3.63) is 66.0 Å². The predicted molar refractivity (Wildman–Crippen MR) is 114 cm³/mol. The molecule has 7 nitrogen and oxygen atoms in total. The Bertz CT molecular complexity index is 775. The van der Waals surface area contributed by atoms with Crippen LogP contribution >= 0.6 is 12.4 Å². The molecule has 156 valence electrons. The van der Waals surface area contributed by atoms with Crippen molar-refractivity contribution in [2.75, 3.05) is 32.7 Å². The second kappa shape index (κ2) is 11.5. The third-order valence-corrected chi connectivity index (χ3v) is 4.96. The zero-order valence-electron chi connectivity index (χ0n) is 16.4. The van der Waals surface area contributed by atoms with Gasteiger partial charge in [0.15, 0.2) is 0 Å². The molecule has 2 aromatic rings. The normalized spacial score (nSPS) is 16.6. The summed E-state index contributed by atoms with van der Waals surface area (Å²) in [6.45, 7) is 3.49. The average molecular weight is 418 g/mol. The molecule has 0 bridgehead atoms. The number of pyridine rings is 1. The Hall–Kier alpha value is -2.48. The van der Waals surface area contributed by atoms with Gasteiger partial charge in [-0.05, 0) is 17.2 Å². The number of aromatic nitrogens is 1. The number of hydrogen-bond acceptors (Lipinski definition) is 5. The Morgan fingerprint density at radius 1 is 1.21 bits per heavy atom. The van der Waals surface area contributed by atoms with Crippen molar-refractivity contribution in [2.45, 2.75) is 19.0 Å². The summed E-state index contributed by atoms with van der Waals surface area (Å²) in [4.78, 5) is 32.5. The number of piperazine rings is 1. The molecule has 29 heavy (non-hydrogen) atoms. The topological polar surface area (TPSA) is 91.6 Å². The first-order valence-corrected chi connectivity index (χ1v) is 9.58. The fourth-order valence-corrected chi connectivity index (χ4v) is 3.45. The minimum Gasteiger partial charge on any atom is -0.370 e. The van der Waals surface area contributed by atoms with Gasteiger partial charge in [-0.1, -0.05) is 36.4 Å². The first-order valence-electron chi connectivity index (χ1n) is 9.58. The van der Waals surface area contributed by atoms with Crippen LogP contribution in [0, 0.1) is 0 Å². The molecule has 1 saturated heterocycles. The van der Waals surface area contributed by atoms with Gasteiger partial charge in [-0.3, -0.25) is 19.5 Å². The van der Waals surface area contributed by atoms with Gasteiger partial charge in [0.05, 0.1) is 6.54 Å². The zero-order valence-corrected chi connectivity index (χ0v) is 17.2. The van der Waals surface area contributed by atoms with Crippen LogP contribution in [-0.2, 0) is 16.1 Å². The molecule has 2 amide bonds. The van der Waals surface area contributed by atoms with Crippen LogP contribution in [0.15, 0.2) is 54.9 Å². The number of carbonyl (C=O) groups excluding carboxylic acids is 2. The molecule has 0 saturated carbocycles. The predicted octanol–water partition coefficient (Wildman–Crippen LogP) is 1.35. The molecule has 3 N–H and O–H groups in total. The third kappa shape index (κ3) is 6.81. The average Bonchev–Trinajstić information content (AvgIpc) is 2.72. The maximum atomic E-state index is 13.1. The molecule has 1 aliphatic heterocycles. The fourth-order valence-electron chi connectivity index (χ4n) is 3.45. The van der Waals surface area contributed by atoms with Gasteiger partial charge in [0.2, 0.25) is 11.8 Å². The summed E-state index contributed by atoms with van der Waals surface area (Å²) in [5, 5.41) is 3.39. The molecule has 1 atom stereocenters. The van der Waals surface area contributed by atoms with E-state index < -0.39 is 5.91 Å². The number of nitrogens with one attached hydrogen (secondary N) is 1. The van der Waals surface area contributed by atoms with Crippen LogP contribution in [0.1, 0.15) is 23.6 Å². The van der Waals surface area contributed by atoms with Gasteiger partial charge in [-0.2, -0.15) is 0 Å². The molecular formula is C21H28ClN5O2. The molecular weight excluding hydrogens is 390 g/mol. The largest absolute Gasteiger partial charge is 0.370 e. The van der Waals surface area contributed by atoms with Gasteiger partial charge in [0, 0.05) is 57.6 Å². The monoisotopic (exact) mass is 417 g/mol. The number of benzene rings is 1. The van der Waals surface area contributed by atoms with E-state index in [9.17, 15) is 9.59 Å². The smallest absolute Gasteiger partial charge is 0.237 e. The summed E-state index contributed by atoms with van der Waals surface area (Å²) in [5.41, 5.74) is 7.44. The summed E-state index contributed by atoms with van der Waals surface area (Å²) in [6.07, 6.45) is 3.76. The van der Waals surface area contributed by atoms with E-state index in [4.69, 9.17) is 5.73 Å². The van der Waals surface area contributed by atoms with Crippen LogP contribution in [0.4, 0.5) is 0 Å². The minimum atomic E-state index is -0.402. The molecule has 0 spiro atoms. The van der Waals surface area contributed by atoms with Crippen LogP contribution in [0.5, 0.6) is 0 Å². The van der Waals surface area contributed by atoms with E-state index in [2.05, 4.69) is 15.2 Å². The highest BCUT2D eigenvalue weighted by Gasteiger charge is 2.27. The van der Waals surface area contributed by atoms with Gasteiger partial charge in [-0.15, -0.1) is 12.4 Å². The molecule has 3 rings (SSSR count). The van der Waals surface area contributed by atoms with E-state index in [0.717, 1.165) is 30.8 Å². The summed E-state index contributed by atoms with van der Waals surface area (Å²) in [7, 11) is 0. The quantitative estimate of drug-likeness (QED) is 0.676. The van der Waals surface area contributed by atoms with E-state index in [1.165, 1.54) is 0 Å². The molecule has 1 aromatic carbocycles. The van der Waals surface area contributed by atoms with Crippen LogP contribution < -0.4 is 11.1 Å². The maximum Gasteiger partial charge on any atom is 0.237 e. The Kier molecular flexibility index (Phi) is 9.05. The number of halogens is 1. The number of carbonyl (C=O) groups is 2. The Morgan fingerprint density at radius 3 is 2.69 bits per heavy atom. The SMILES string of the molecule is Cl.NC(=O)CCN(Cc1ccccc1)C(=O)CN1CCNCC1c1cccnc1. The summed E-state index contributed by atoms with van der Waals surface area (Å²) >= 11 is 0. The number of hydrogen-bond donors (Lipinski definition) is 2. The van der Waals surface area contributed by atoms with Crippen molar-refractivity contribution in [3.63, 3.8) is 0 Å². The lowest BCUT2D eigenvalue weighted by atomic mass is 10.1. The maximum absolute atomic E-state index is 13.1. The van der Waals surface area contributed by atoms with E-state index >= 15 is 0 Å². The number of amides is 2. The van der Waals surface area contributed by atoms with Crippen molar-refractivity contribution >= 4 is 24.2 Å². The summed E-state index contributed by atoms with van der Waals surface area (Å²) in [5.74, 6) is -0.401. The van der Waals surface area contributed by atoms with Crippen LogP contribution in [0.25, 0.3) is 0 Å². The van der Waals surface area contributed by atoms with Gasteiger partial charge >= 0.3 is 0 Å². The lowest BCUT2D eigenvalue weighted by Crippen LogP contribution is -2.50. The minimum absolute atomic E-state index is 0. The van der Waals surface area contributed by atoms with Crippen molar-refractivity contribution in [1.29, 1.82) is 0 Å². The van der Waals surface area contributed by atoms with Gasteiger partial charge in [-0.25, -0.2) is 0 Å². The second-order valence-electron chi connectivity index (χ2n) is 6.99. The summed E-state index contributed by atoms with van der Waals surface area (Å²) < 4.78 is 0. The molecule has 1 unspecified atom stereocenters. The highest BCUT2D eigenvalue weighted by atomic mass is 35.5. The first kappa shape index (κ1) is 22.8. The van der Waals surface area contributed by atoms with Crippen molar-refractivity contribution in [2.24, 2.45) is 5.73 Å². The van der Waals surface area contributed by atoms with E-state index in [0.29, 0.717) is 19.6 Å². The van der Waals surface area contributed by atoms with E-state index in [1.54, 1.807) is 11.1 Å². The lowest BCUT2D eigenvalue weighted by Gasteiger charge is -2.37. The van der Waals surface area contributed by atoms with Crippen LogP contribution in [-0.4, -0.2) is 59.3 Å². The van der Waals surface area contributed by atoms with Crippen molar-refractivity contribution in [1.82, 2.24) is 20.1 Å². The first-order chi connectivity index (χ1) is 13.6. The van der Waals surface area contributed by atoms with Crippen LogP contribution in [0.3, 0.4) is 0 Å². The Balaban J connectivity index is 0.00000300. The second-order valence-corrected chi connectivity index (χ2v) is 6.99.